The molecule has 5 heteroatoms. The lowest BCUT2D eigenvalue weighted by Gasteiger charge is -2.16. The quantitative estimate of drug-likeness (QED) is 0.0919. The molecule has 0 radical (unpaired) electrons. The molecule has 0 aromatic rings. The smallest absolute Gasteiger partial charge is 0.264 e. The maximum atomic E-state index is 11.0. The number of hydrogen-bond donors (Lipinski definition) is 1. The summed E-state index contributed by atoms with van der Waals surface area (Å²) in [6.07, 6.45) is 31.2. The van der Waals surface area contributed by atoms with Crippen LogP contribution in [-0.4, -0.2) is 19.6 Å². The Kier molecular flexibility index (Phi) is 24.9. The van der Waals surface area contributed by atoms with Crippen molar-refractivity contribution in [3.8, 4) is 0 Å². The van der Waals surface area contributed by atoms with Crippen LogP contribution in [0.15, 0.2) is 0 Å². The molecule has 0 aromatic heterocycles. The van der Waals surface area contributed by atoms with E-state index in [9.17, 15) is 8.42 Å². The number of unbranched alkanes of at least 4 members (excludes halogenated alkanes) is 20. The van der Waals surface area contributed by atoms with Crippen LogP contribution in [0.4, 0.5) is 0 Å². The molecule has 0 bridgehead atoms. The van der Waals surface area contributed by atoms with Crippen LogP contribution in [0.5, 0.6) is 0 Å². The van der Waals surface area contributed by atoms with E-state index in [4.69, 9.17) is 8.74 Å². The van der Waals surface area contributed by atoms with E-state index in [0.717, 1.165) is 25.7 Å². The molecule has 0 saturated heterocycles. The largest absolute Gasteiger partial charge is 0.397 e. The Morgan fingerprint density at radius 3 is 1.06 bits per heavy atom. The zero-order valence-corrected chi connectivity index (χ0v) is 23.2. The molecular weight excluding hydrogens is 432 g/mol. The fourth-order valence-corrected chi connectivity index (χ4v) is 5.05. The lowest BCUT2D eigenvalue weighted by Crippen LogP contribution is -2.14. The molecule has 0 rings (SSSR count). The lowest BCUT2D eigenvalue weighted by atomic mass is 9.94. The molecule has 1 N–H and O–H groups in total. The van der Waals surface area contributed by atoms with Gasteiger partial charge in [0.25, 0.3) is 0 Å². The van der Waals surface area contributed by atoms with Crippen molar-refractivity contribution in [2.45, 2.75) is 168 Å². The van der Waals surface area contributed by atoms with E-state index in [1.54, 1.807) is 0 Å². The van der Waals surface area contributed by atoms with Crippen LogP contribution in [0.1, 0.15) is 168 Å². The monoisotopic (exact) mass is 490 g/mol. The molecule has 200 valence electrons. The maximum Gasteiger partial charge on any atom is 0.397 e. The van der Waals surface area contributed by atoms with Crippen molar-refractivity contribution in [3.05, 3.63) is 0 Å². The fourth-order valence-electron chi connectivity index (χ4n) is 4.69. The number of rotatable bonds is 27. The van der Waals surface area contributed by atoms with Crippen LogP contribution in [0.3, 0.4) is 0 Å². The first-order valence-corrected chi connectivity index (χ1v) is 16.0. The Labute approximate surface area is 208 Å². The van der Waals surface area contributed by atoms with Crippen LogP contribution in [0.25, 0.3) is 0 Å². The maximum absolute atomic E-state index is 11.0. The summed E-state index contributed by atoms with van der Waals surface area (Å²) in [5, 5.41) is 0. The van der Waals surface area contributed by atoms with Gasteiger partial charge in [-0.25, -0.2) is 4.18 Å². The first-order chi connectivity index (χ1) is 16.0. The summed E-state index contributed by atoms with van der Waals surface area (Å²) in [5.74, 6) is 0.240. The molecule has 0 amide bonds. The molecule has 0 fully saturated rings. The molecule has 33 heavy (non-hydrogen) atoms. The topological polar surface area (TPSA) is 63.6 Å². The second-order valence-corrected chi connectivity index (χ2v) is 11.3. The van der Waals surface area contributed by atoms with E-state index in [1.165, 1.54) is 128 Å². The Hall–Kier alpha value is -0.130. The van der Waals surface area contributed by atoms with Gasteiger partial charge in [-0.05, 0) is 18.8 Å². The van der Waals surface area contributed by atoms with E-state index < -0.39 is 10.4 Å². The van der Waals surface area contributed by atoms with Gasteiger partial charge < -0.3 is 0 Å². The molecule has 1 atom stereocenters. The summed E-state index contributed by atoms with van der Waals surface area (Å²) in [4.78, 5) is 0. The first kappa shape index (κ1) is 32.9. The van der Waals surface area contributed by atoms with Gasteiger partial charge in [-0.3, -0.25) is 4.55 Å². The van der Waals surface area contributed by atoms with Crippen LogP contribution >= 0.6 is 0 Å². The van der Waals surface area contributed by atoms with Crippen LogP contribution < -0.4 is 0 Å². The van der Waals surface area contributed by atoms with Crippen molar-refractivity contribution >= 4 is 10.4 Å². The molecule has 0 aliphatic rings. The van der Waals surface area contributed by atoms with Crippen LogP contribution in [-0.2, 0) is 14.6 Å². The third kappa shape index (κ3) is 28.0. The summed E-state index contributed by atoms with van der Waals surface area (Å²) in [6, 6.07) is 0. The molecule has 0 aliphatic carbocycles. The van der Waals surface area contributed by atoms with E-state index in [1.807, 2.05) is 0 Å². The first-order valence-electron chi connectivity index (χ1n) is 14.6. The van der Waals surface area contributed by atoms with Crippen LogP contribution in [0.2, 0.25) is 0 Å². The van der Waals surface area contributed by atoms with Crippen molar-refractivity contribution < 1.29 is 17.2 Å². The van der Waals surface area contributed by atoms with Gasteiger partial charge in [0.15, 0.2) is 0 Å². The average Bonchev–Trinajstić information content (AvgIpc) is 2.78. The Morgan fingerprint density at radius 2 is 0.788 bits per heavy atom. The standard InChI is InChI=1S/C28H58O4S/c1-3-5-7-9-11-12-13-14-15-16-17-18-20-22-24-26-28(27-32-33(29,30)31)25-23-21-19-10-8-6-4-2/h28H,3-27H2,1-2H3,(H,29,30,31). The molecule has 0 aliphatic heterocycles. The number of hydrogen-bond acceptors (Lipinski definition) is 3. The van der Waals surface area contributed by atoms with Crippen molar-refractivity contribution in [3.63, 3.8) is 0 Å². The van der Waals surface area contributed by atoms with Gasteiger partial charge in [0.05, 0.1) is 6.61 Å². The highest BCUT2D eigenvalue weighted by Crippen LogP contribution is 2.21. The molecule has 0 saturated carbocycles. The second-order valence-electron chi connectivity index (χ2n) is 10.2. The zero-order valence-electron chi connectivity index (χ0n) is 22.3. The van der Waals surface area contributed by atoms with Crippen molar-refractivity contribution in [2.24, 2.45) is 5.92 Å². The predicted molar refractivity (Wildman–Crippen MR) is 143 cm³/mol. The molecule has 4 nitrogen and oxygen atoms in total. The minimum atomic E-state index is -4.32. The van der Waals surface area contributed by atoms with E-state index >= 15 is 0 Å². The Balaban J connectivity index is 3.66. The third-order valence-corrected chi connectivity index (χ3v) is 7.32. The summed E-state index contributed by atoms with van der Waals surface area (Å²) < 4.78 is 35.5. The van der Waals surface area contributed by atoms with Crippen LogP contribution in [0, 0.1) is 5.92 Å². The van der Waals surface area contributed by atoms with Gasteiger partial charge in [0.2, 0.25) is 0 Å². The highest BCUT2D eigenvalue weighted by atomic mass is 32.3. The lowest BCUT2D eigenvalue weighted by molar-refractivity contribution is 0.204. The van der Waals surface area contributed by atoms with Crippen molar-refractivity contribution in [2.75, 3.05) is 6.61 Å². The Morgan fingerprint density at radius 1 is 0.515 bits per heavy atom. The van der Waals surface area contributed by atoms with Gasteiger partial charge in [-0.1, -0.05) is 155 Å². The SMILES string of the molecule is CCCCCCCCCCCCCCCCCC(CCCCCCCCC)COS(=O)(=O)O. The van der Waals surface area contributed by atoms with E-state index in [2.05, 4.69) is 13.8 Å². The summed E-state index contributed by atoms with van der Waals surface area (Å²) in [7, 11) is -4.32. The summed E-state index contributed by atoms with van der Waals surface area (Å²) in [6.45, 7) is 4.64. The molecule has 0 spiro atoms. The van der Waals surface area contributed by atoms with Crippen molar-refractivity contribution in [1.82, 2.24) is 0 Å². The Bertz CT molecular complexity index is 478. The summed E-state index contributed by atoms with van der Waals surface area (Å²) >= 11 is 0. The highest BCUT2D eigenvalue weighted by Gasteiger charge is 2.13. The molecule has 0 aromatic carbocycles. The van der Waals surface area contributed by atoms with Gasteiger partial charge in [0, 0.05) is 0 Å². The normalized spacial score (nSPS) is 12.9. The van der Waals surface area contributed by atoms with E-state index in [0.29, 0.717) is 0 Å². The van der Waals surface area contributed by atoms with E-state index in [-0.39, 0.29) is 12.5 Å². The molecule has 1 unspecified atom stereocenters. The fraction of sp³-hybridized carbons (Fsp3) is 1.00. The second kappa shape index (κ2) is 25.0. The van der Waals surface area contributed by atoms with Crippen molar-refractivity contribution in [1.29, 1.82) is 0 Å². The molecular formula is C28H58O4S. The van der Waals surface area contributed by atoms with Gasteiger partial charge >= 0.3 is 10.4 Å². The molecule has 0 heterocycles. The zero-order chi connectivity index (χ0) is 24.5. The average molecular weight is 491 g/mol. The minimum absolute atomic E-state index is 0.132. The summed E-state index contributed by atoms with van der Waals surface area (Å²) in [5.41, 5.74) is 0. The predicted octanol–water partition coefficient (Wildman–Crippen LogP) is 9.82. The highest BCUT2D eigenvalue weighted by molar-refractivity contribution is 7.80. The van der Waals surface area contributed by atoms with Gasteiger partial charge in [-0.2, -0.15) is 8.42 Å². The third-order valence-electron chi connectivity index (χ3n) is 6.88. The minimum Gasteiger partial charge on any atom is -0.264 e. The van der Waals surface area contributed by atoms with Gasteiger partial charge in [-0.15, -0.1) is 0 Å². The van der Waals surface area contributed by atoms with Gasteiger partial charge in [0.1, 0.15) is 0 Å².